The van der Waals surface area contributed by atoms with E-state index in [0.717, 1.165) is 21.2 Å². The molecule has 122 valence electrons. The van der Waals surface area contributed by atoms with Crippen molar-refractivity contribution in [3.05, 3.63) is 69.7 Å². The van der Waals surface area contributed by atoms with Crippen LogP contribution in [0.3, 0.4) is 0 Å². The molecule has 23 heavy (non-hydrogen) atoms. The molecule has 0 aromatic heterocycles. The molecule has 2 rings (SSSR count). The Bertz CT molecular complexity index is 691. The molecule has 1 atom stereocenters. The summed E-state index contributed by atoms with van der Waals surface area (Å²) >= 11 is 3.34. The van der Waals surface area contributed by atoms with Crippen LogP contribution < -0.4 is 0 Å². The Hall–Kier alpha value is -1.79. The summed E-state index contributed by atoms with van der Waals surface area (Å²) in [5.41, 5.74) is 1.03. The number of nitrogens with zero attached hydrogens (tertiary/aromatic N) is 1. The summed E-state index contributed by atoms with van der Waals surface area (Å²) in [4.78, 5) is 17.0. The molecule has 0 aliphatic heterocycles. The largest absolute Gasteiger partial charge is 0.275 e. The van der Waals surface area contributed by atoms with E-state index in [9.17, 15) is 13.6 Å². The fraction of sp³-hybridized carbons (Fsp3) is 0.235. The Labute approximate surface area is 142 Å². The van der Waals surface area contributed by atoms with Gasteiger partial charge in [0.05, 0.1) is 7.11 Å². The Kier molecular flexibility index (Phi) is 5.85. The van der Waals surface area contributed by atoms with Crippen LogP contribution in [-0.4, -0.2) is 25.1 Å². The first kappa shape index (κ1) is 17.6. The number of halogens is 3. The topological polar surface area (TPSA) is 29.5 Å². The number of carbonyl (C=O) groups excluding carboxylic acids is 1. The highest BCUT2D eigenvalue weighted by molar-refractivity contribution is 9.10. The van der Waals surface area contributed by atoms with E-state index in [1.807, 2.05) is 12.1 Å². The standard InChI is InChI=1S/C17H16BrF2NO2/c1-21(23-2)17(22)10-15(11-3-5-12(18)6-4-11)14-8-7-13(19)9-16(14)20/h3-9,15H,10H2,1-2H3. The Balaban J connectivity index is 2.42. The molecule has 0 N–H and O–H groups in total. The summed E-state index contributed by atoms with van der Waals surface area (Å²) in [5.74, 6) is -2.16. The van der Waals surface area contributed by atoms with Gasteiger partial charge in [-0.25, -0.2) is 13.8 Å². The number of hydrogen-bond acceptors (Lipinski definition) is 2. The van der Waals surface area contributed by atoms with Gasteiger partial charge in [0.15, 0.2) is 0 Å². The van der Waals surface area contributed by atoms with Crippen LogP contribution in [0.1, 0.15) is 23.5 Å². The van der Waals surface area contributed by atoms with Gasteiger partial charge in [-0.05, 0) is 29.3 Å². The SMILES string of the molecule is CON(C)C(=O)CC(c1ccc(Br)cc1)c1ccc(F)cc1F. The zero-order valence-corrected chi connectivity index (χ0v) is 14.3. The lowest BCUT2D eigenvalue weighted by molar-refractivity contribution is -0.168. The smallest absolute Gasteiger partial charge is 0.246 e. The predicted octanol–water partition coefficient (Wildman–Crippen LogP) is 4.27. The normalized spacial score (nSPS) is 12.0. The van der Waals surface area contributed by atoms with Crippen LogP contribution in [0.25, 0.3) is 0 Å². The second-order valence-corrected chi connectivity index (χ2v) is 5.96. The highest BCUT2D eigenvalue weighted by Gasteiger charge is 2.23. The number of amides is 1. The van der Waals surface area contributed by atoms with Crippen molar-refractivity contribution in [3.8, 4) is 0 Å². The van der Waals surface area contributed by atoms with Crippen molar-refractivity contribution >= 4 is 21.8 Å². The first-order valence-corrected chi connectivity index (χ1v) is 7.72. The molecule has 2 aromatic rings. The van der Waals surface area contributed by atoms with E-state index in [1.54, 1.807) is 12.1 Å². The number of carbonyl (C=O) groups is 1. The maximum Gasteiger partial charge on any atom is 0.246 e. The molecule has 0 aliphatic rings. The van der Waals surface area contributed by atoms with Gasteiger partial charge in [0.1, 0.15) is 11.6 Å². The van der Waals surface area contributed by atoms with Gasteiger partial charge < -0.3 is 0 Å². The van der Waals surface area contributed by atoms with Crippen LogP contribution in [0.2, 0.25) is 0 Å². The Morgan fingerprint density at radius 3 is 2.43 bits per heavy atom. The Morgan fingerprint density at radius 2 is 1.87 bits per heavy atom. The molecule has 1 unspecified atom stereocenters. The van der Waals surface area contributed by atoms with Crippen molar-refractivity contribution < 1.29 is 18.4 Å². The van der Waals surface area contributed by atoms with E-state index in [2.05, 4.69) is 15.9 Å². The lowest BCUT2D eigenvalue weighted by Gasteiger charge is -2.21. The average molecular weight is 384 g/mol. The van der Waals surface area contributed by atoms with E-state index in [4.69, 9.17) is 4.84 Å². The fourth-order valence-electron chi connectivity index (χ4n) is 2.29. The third-order valence-electron chi connectivity index (χ3n) is 3.61. The molecule has 0 fully saturated rings. The van der Waals surface area contributed by atoms with E-state index in [1.165, 1.54) is 26.3 Å². The minimum Gasteiger partial charge on any atom is -0.275 e. The van der Waals surface area contributed by atoms with Gasteiger partial charge in [0, 0.05) is 29.9 Å². The van der Waals surface area contributed by atoms with Crippen molar-refractivity contribution in [1.82, 2.24) is 5.06 Å². The molecule has 6 heteroatoms. The summed E-state index contributed by atoms with van der Waals surface area (Å²) in [5, 5.41) is 1.09. The molecule has 0 aliphatic carbocycles. The number of hydrogen-bond donors (Lipinski definition) is 0. The average Bonchev–Trinajstić information content (AvgIpc) is 2.53. The van der Waals surface area contributed by atoms with E-state index in [-0.39, 0.29) is 17.9 Å². The number of benzene rings is 2. The molecule has 1 amide bonds. The minimum absolute atomic E-state index is 0.00846. The second kappa shape index (κ2) is 7.66. The molecule has 0 bridgehead atoms. The van der Waals surface area contributed by atoms with Gasteiger partial charge in [-0.2, -0.15) is 0 Å². The van der Waals surface area contributed by atoms with Crippen molar-refractivity contribution in [1.29, 1.82) is 0 Å². The van der Waals surface area contributed by atoms with Crippen molar-refractivity contribution in [2.45, 2.75) is 12.3 Å². The molecule has 0 heterocycles. The highest BCUT2D eigenvalue weighted by Crippen LogP contribution is 2.31. The van der Waals surface area contributed by atoms with Crippen LogP contribution in [-0.2, 0) is 9.63 Å². The van der Waals surface area contributed by atoms with E-state index in [0.29, 0.717) is 0 Å². The van der Waals surface area contributed by atoms with Gasteiger partial charge in [0.25, 0.3) is 0 Å². The van der Waals surface area contributed by atoms with Crippen molar-refractivity contribution in [3.63, 3.8) is 0 Å². The third kappa shape index (κ3) is 4.36. The van der Waals surface area contributed by atoms with Gasteiger partial charge >= 0.3 is 0 Å². The predicted molar refractivity (Wildman–Crippen MR) is 86.7 cm³/mol. The zero-order chi connectivity index (χ0) is 17.0. The van der Waals surface area contributed by atoms with Crippen LogP contribution in [0.15, 0.2) is 46.9 Å². The molecule has 0 spiro atoms. The molecule has 3 nitrogen and oxygen atoms in total. The second-order valence-electron chi connectivity index (χ2n) is 5.05. The number of hydroxylamine groups is 2. The van der Waals surface area contributed by atoms with E-state index < -0.39 is 17.6 Å². The summed E-state index contributed by atoms with van der Waals surface area (Å²) in [6.45, 7) is 0. The van der Waals surface area contributed by atoms with Crippen molar-refractivity contribution in [2.24, 2.45) is 0 Å². The molecular formula is C17H16BrF2NO2. The molecule has 0 saturated carbocycles. The van der Waals surface area contributed by atoms with Crippen molar-refractivity contribution in [2.75, 3.05) is 14.2 Å². The highest BCUT2D eigenvalue weighted by atomic mass is 79.9. The first-order chi connectivity index (χ1) is 10.9. The third-order valence-corrected chi connectivity index (χ3v) is 4.14. The summed E-state index contributed by atoms with van der Waals surface area (Å²) in [7, 11) is 2.87. The fourth-order valence-corrected chi connectivity index (χ4v) is 2.56. The van der Waals surface area contributed by atoms with Gasteiger partial charge in [-0.3, -0.25) is 9.63 Å². The maximum atomic E-state index is 14.2. The number of rotatable bonds is 5. The molecule has 0 radical (unpaired) electrons. The van der Waals surface area contributed by atoms with Crippen LogP contribution >= 0.6 is 15.9 Å². The summed E-state index contributed by atoms with van der Waals surface area (Å²) < 4.78 is 28.2. The molecule has 2 aromatic carbocycles. The zero-order valence-electron chi connectivity index (χ0n) is 12.7. The van der Waals surface area contributed by atoms with Crippen LogP contribution in [0, 0.1) is 11.6 Å². The monoisotopic (exact) mass is 383 g/mol. The van der Waals surface area contributed by atoms with Crippen LogP contribution in [0.5, 0.6) is 0 Å². The minimum atomic E-state index is -0.675. The van der Waals surface area contributed by atoms with Crippen LogP contribution in [0.4, 0.5) is 8.78 Å². The summed E-state index contributed by atoms with van der Waals surface area (Å²) in [6.07, 6.45) is 0.00846. The Morgan fingerprint density at radius 1 is 1.22 bits per heavy atom. The lowest BCUT2D eigenvalue weighted by Crippen LogP contribution is -2.27. The molecular weight excluding hydrogens is 368 g/mol. The molecule has 0 saturated heterocycles. The van der Waals surface area contributed by atoms with E-state index >= 15 is 0 Å². The maximum absolute atomic E-state index is 14.2. The van der Waals surface area contributed by atoms with Gasteiger partial charge in [-0.15, -0.1) is 0 Å². The van der Waals surface area contributed by atoms with Gasteiger partial charge in [-0.1, -0.05) is 34.1 Å². The lowest BCUT2D eigenvalue weighted by atomic mass is 9.88. The van der Waals surface area contributed by atoms with Gasteiger partial charge in [0.2, 0.25) is 5.91 Å². The first-order valence-electron chi connectivity index (χ1n) is 6.93. The quantitative estimate of drug-likeness (QED) is 0.721. The summed E-state index contributed by atoms with van der Waals surface area (Å²) in [6, 6.07) is 10.6.